The van der Waals surface area contributed by atoms with E-state index in [0.29, 0.717) is 12.6 Å². The van der Waals surface area contributed by atoms with Crippen LogP contribution >= 0.6 is 0 Å². The van der Waals surface area contributed by atoms with E-state index in [0.717, 1.165) is 54.5 Å². The van der Waals surface area contributed by atoms with Crippen molar-refractivity contribution in [3.63, 3.8) is 0 Å². The largest absolute Gasteiger partial charge is 0.494 e. The number of nitrogens with zero attached hydrogens (tertiary/aromatic N) is 3. The van der Waals surface area contributed by atoms with Gasteiger partial charge in [0, 0.05) is 30.2 Å². The highest BCUT2D eigenvalue weighted by Crippen LogP contribution is 2.25. The standard InChI is InChI=1S/C19H24N6O/c1-2-26-16-5-3-14(4-6-16)22-17-13-18(23-15-7-9-20-10-8-15)24-25-12-11-21-19(17)25/h3-6,11-13,15,20,22H,2,7-10H2,1H3,(H,23,24). The molecule has 3 N–H and O–H groups in total. The topological polar surface area (TPSA) is 75.5 Å². The lowest BCUT2D eigenvalue weighted by atomic mass is 10.1. The van der Waals surface area contributed by atoms with Gasteiger partial charge in [0.1, 0.15) is 11.6 Å². The van der Waals surface area contributed by atoms with Crippen LogP contribution in [0.2, 0.25) is 0 Å². The molecule has 136 valence electrons. The van der Waals surface area contributed by atoms with Crippen LogP contribution in [0.15, 0.2) is 42.7 Å². The fourth-order valence-corrected chi connectivity index (χ4v) is 3.21. The summed E-state index contributed by atoms with van der Waals surface area (Å²) in [6.07, 6.45) is 5.84. The second-order valence-corrected chi connectivity index (χ2v) is 6.39. The number of piperidine rings is 1. The van der Waals surface area contributed by atoms with E-state index in [4.69, 9.17) is 4.74 Å². The summed E-state index contributed by atoms with van der Waals surface area (Å²) in [5.41, 5.74) is 2.71. The van der Waals surface area contributed by atoms with Crippen LogP contribution in [0, 0.1) is 0 Å². The van der Waals surface area contributed by atoms with Crippen molar-refractivity contribution in [3.05, 3.63) is 42.7 Å². The highest BCUT2D eigenvalue weighted by atomic mass is 16.5. The summed E-state index contributed by atoms with van der Waals surface area (Å²) in [5, 5.41) is 15.0. The van der Waals surface area contributed by atoms with Gasteiger partial charge in [0.15, 0.2) is 5.65 Å². The fourth-order valence-electron chi connectivity index (χ4n) is 3.21. The number of anilines is 3. The van der Waals surface area contributed by atoms with Crippen molar-refractivity contribution in [3.8, 4) is 5.75 Å². The molecule has 26 heavy (non-hydrogen) atoms. The number of rotatable bonds is 6. The van der Waals surface area contributed by atoms with E-state index >= 15 is 0 Å². The Balaban J connectivity index is 1.57. The highest BCUT2D eigenvalue weighted by Gasteiger charge is 2.15. The molecule has 0 spiro atoms. The van der Waals surface area contributed by atoms with Crippen molar-refractivity contribution in [1.82, 2.24) is 19.9 Å². The molecule has 0 aliphatic carbocycles. The van der Waals surface area contributed by atoms with E-state index in [-0.39, 0.29) is 0 Å². The SMILES string of the molecule is CCOc1ccc(Nc2cc(NC3CCNCC3)nn3ccnc23)cc1. The highest BCUT2D eigenvalue weighted by molar-refractivity contribution is 5.75. The molecule has 0 radical (unpaired) electrons. The van der Waals surface area contributed by atoms with Gasteiger partial charge in [-0.2, -0.15) is 0 Å². The van der Waals surface area contributed by atoms with E-state index < -0.39 is 0 Å². The first-order valence-corrected chi connectivity index (χ1v) is 9.13. The molecule has 0 atom stereocenters. The molecular formula is C19H24N6O. The lowest BCUT2D eigenvalue weighted by Gasteiger charge is -2.24. The predicted molar refractivity (Wildman–Crippen MR) is 103 cm³/mol. The Morgan fingerprint density at radius 1 is 1.23 bits per heavy atom. The summed E-state index contributed by atoms with van der Waals surface area (Å²) in [6, 6.07) is 10.4. The number of ether oxygens (including phenoxy) is 1. The van der Waals surface area contributed by atoms with Crippen molar-refractivity contribution in [2.75, 3.05) is 30.3 Å². The summed E-state index contributed by atoms with van der Waals surface area (Å²) >= 11 is 0. The number of hydrogen-bond acceptors (Lipinski definition) is 6. The summed E-state index contributed by atoms with van der Waals surface area (Å²) in [7, 11) is 0. The monoisotopic (exact) mass is 352 g/mol. The molecular weight excluding hydrogens is 328 g/mol. The van der Waals surface area contributed by atoms with Crippen LogP contribution in [0.4, 0.5) is 17.2 Å². The van der Waals surface area contributed by atoms with Gasteiger partial charge in [-0.25, -0.2) is 9.50 Å². The number of imidazole rings is 1. The van der Waals surface area contributed by atoms with Gasteiger partial charge >= 0.3 is 0 Å². The lowest BCUT2D eigenvalue weighted by molar-refractivity contribution is 0.340. The zero-order chi connectivity index (χ0) is 17.8. The van der Waals surface area contributed by atoms with Gasteiger partial charge in [0.2, 0.25) is 0 Å². The van der Waals surface area contributed by atoms with Crippen LogP contribution < -0.4 is 20.7 Å². The van der Waals surface area contributed by atoms with Gasteiger partial charge < -0.3 is 20.7 Å². The first-order chi connectivity index (χ1) is 12.8. The summed E-state index contributed by atoms with van der Waals surface area (Å²) in [4.78, 5) is 4.43. The molecule has 0 unspecified atom stereocenters. The normalized spacial score (nSPS) is 15.1. The first-order valence-electron chi connectivity index (χ1n) is 9.13. The van der Waals surface area contributed by atoms with E-state index in [1.54, 1.807) is 10.7 Å². The van der Waals surface area contributed by atoms with Crippen molar-refractivity contribution >= 4 is 22.8 Å². The molecule has 7 nitrogen and oxygen atoms in total. The first kappa shape index (κ1) is 16.7. The van der Waals surface area contributed by atoms with Crippen LogP contribution in [0.1, 0.15) is 19.8 Å². The van der Waals surface area contributed by atoms with Gasteiger partial charge in [-0.1, -0.05) is 0 Å². The molecule has 1 saturated heterocycles. The number of nitrogens with one attached hydrogen (secondary N) is 3. The van der Waals surface area contributed by atoms with Crippen molar-refractivity contribution in [2.45, 2.75) is 25.8 Å². The molecule has 0 bridgehead atoms. The second-order valence-electron chi connectivity index (χ2n) is 6.39. The fraction of sp³-hybridized carbons (Fsp3) is 0.368. The minimum atomic E-state index is 0.447. The molecule has 1 fully saturated rings. The van der Waals surface area contributed by atoms with Crippen molar-refractivity contribution in [2.24, 2.45) is 0 Å². The quantitative estimate of drug-likeness (QED) is 0.633. The van der Waals surface area contributed by atoms with E-state index in [9.17, 15) is 0 Å². The maximum Gasteiger partial charge on any atom is 0.177 e. The Kier molecular flexibility index (Phi) is 4.88. The maximum absolute atomic E-state index is 5.50. The number of fused-ring (bicyclic) bond motifs is 1. The van der Waals surface area contributed by atoms with Crippen LogP contribution in [0.5, 0.6) is 5.75 Å². The van der Waals surface area contributed by atoms with Crippen molar-refractivity contribution in [1.29, 1.82) is 0 Å². The van der Waals surface area contributed by atoms with Gasteiger partial charge in [-0.15, -0.1) is 5.10 Å². The summed E-state index contributed by atoms with van der Waals surface area (Å²) in [5.74, 6) is 1.72. The second kappa shape index (κ2) is 7.61. The number of benzene rings is 1. The van der Waals surface area contributed by atoms with E-state index in [2.05, 4.69) is 26.0 Å². The lowest BCUT2D eigenvalue weighted by Crippen LogP contribution is -2.35. The van der Waals surface area contributed by atoms with Crippen LogP contribution in [-0.4, -0.2) is 40.3 Å². The molecule has 1 aliphatic heterocycles. The molecule has 0 amide bonds. The zero-order valence-corrected chi connectivity index (χ0v) is 14.9. The van der Waals surface area contributed by atoms with E-state index in [1.165, 1.54) is 0 Å². The Morgan fingerprint density at radius 3 is 2.81 bits per heavy atom. The van der Waals surface area contributed by atoms with Gasteiger partial charge in [-0.05, 0) is 57.1 Å². The third-order valence-corrected chi connectivity index (χ3v) is 4.49. The molecule has 1 aliphatic rings. The third kappa shape index (κ3) is 3.72. The van der Waals surface area contributed by atoms with Crippen LogP contribution in [-0.2, 0) is 0 Å². The van der Waals surface area contributed by atoms with E-state index in [1.807, 2.05) is 43.5 Å². The zero-order valence-electron chi connectivity index (χ0n) is 14.9. The minimum absolute atomic E-state index is 0.447. The molecule has 3 aromatic rings. The maximum atomic E-state index is 5.50. The Bertz CT molecular complexity index is 854. The average Bonchev–Trinajstić information content (AvgIpc) is 3.13. The number of aromatic nitrogens is 3. The molecule has 0 saturated carbocycles. The van der Waals surface area contributed by atoms with Gasteiger partial charge in [0.25, 0.3) is 0 Å². The summed E-state index contributed by atoms with van der Waals surface area (Å²) < 4.78 is 7.31. The predicted octanol–water partition coefficient (Wildman–Crippen LogP) is 3.04. The molecule has 1 aromatic carbocycles. The Labute approximate surface area is 152 Å². The molecule has 7 heteroatoms. The van der Waals surface area contributed by atoms with Crippen LogP contribution in [0.25, 0.3) is 5.65 Å². The molecule has 2 aromatic heterocycles. The molecule has 4 rings (SSSR count). The van der Waals surface area contributed by atoms with Crippen LogP contribution in [0.3, 0.4) is 0 Å². The Morgan fingerprint density at radius 2 is 2.04 bits per heavy atom. The summed E-state index contributed by atoms with van der Waals surface area (Å²) in [6.45, 7) is 4.73. The minimum Gasteiger partial charge on any atom is -0.494 e. The van der Waals surface area contributed by atoms with Gasteiger partial charge in [-0.3, -0.25) is 0 Å². The van der Waals surface area contributed by atoms with Crippen molar-refractivity contribution < 1.29 is 4.74 Å². The number of hydrogen-bond donors (Lipinski definition) is 3. The molecule has 3 heterocycles. The average molecular weight is 352 g/mol. The smallest absolute Gasteiger partial charge is 0.177 e. The third-order valence-electron chi connectivity index (χ3n) is 4.49. The van der Waals surface area contributed by atoms with Gasteiger partial charge in [0.05, 0.1) is 12.3 Å². The Hall–Kier alpha value is -2.80.